The van der Waals surface area contributed by atoms with Crippen LogP contribution in [0.25, 0.3) is 11.4 Å². The number of nitrogens with one attached hydrogen (secondary N) is 1. The molecule has 0 bridgehead atoms. The number of hydrogen-bond acceptors (Lipinski definition) is 7. The van der Waals surface area contributed by atoms with E-state index in [1.165, 1.54) is 12.1 Å². The van der Waals surface area contributed by atoms with Crippen LogP contribution in [0.1, 0.15) is 24.5 Å². The van der Waals surface area contributed by atoms with Gasteiger partial charge in [0, 0.05) is 23.8 Å². The van der Waals surface area contributed by atoms with Crippen LogP contribution < -0.4 is 5.32 Å². The van der Waals surface area contributed by atoms with Gasteiger partial charge in [-0.05, 0) is 62.3 Å². The molecule has 9 heteroatoms. The maximum Gasteiger partial charge on any atom is 0.241 e. The van der Waals surface area contributed by atoms with Gasteiger partial charge < -0.3 is 14.3 Å². The molecule has 0 spiro atoms. The Hall–Kier alpha value is -2.65. The van der Waals surface area contributed by atoms with Gasteiger partial charge in [-0.3, -0.25) is 9.69 Å². The molecule has 1 aliphatic heterocycles. The number of aromatic nitrogens is 2. The predicted octanol–water partition coefficient (Wildman–Crippen LogP) is 3.73. The van der Waals surface area contributed by atoms with E-state index in [2.05, 4.69) is 20.4 Å². The highest BCUT2D eigenvalue weighted by Crippen LogP contribution is 2.21. The lowest BCUT2D eigenvalue weighted by atomic mass is 9.96. The predicted molar refractivity (Wildman–Crippen MR) is 116 cm³/mol. The van der Waals surface area contributed by atoms with Crippen LogP contribution in [0.5, 0.6) is 0 Å². The molecule has 0 atom stereocenters. The smallest absolute Gasteiger partial charge is 0.241 e. The minimum atomic E-state index is -0.299. The van der Waals surface area contributed by atoms with E-state index in [1.807, 2.05) is 12.1 Å². The van der Waals surface area contributed by atoms with E-state index in [9.17, 15) is 9.18 Å². The van der Waals surface area contributed by atoms with Gasteiger partial charge in [0.15, 0.2) is 0 Å². The molecule has 164 valence electrons. The molecule has 0 saturated carbocycles. The van der Waals surface area contributed by atoms with E-state index in [0.29, 0.717) is 30.4 Å². The molecule has 1 saturated heterocycles. The number of halogens is 1. The van der Waals surface area contributed by atoms with Crippen LogP contribution in [0.3, 0.4) is 0 Å². The second-order valence-corrected chi connectivity index (χ2v) is 8.60. The topological polar surface area (TPSA) is 84.4 Å². The van der Waals surface area contributed by atoms with Crippen molar-refractivity contribution < 1.29 is 18.1 Å². The number of hydrogen-bond donors (Lipinski definition) is 1. The minimum absolute atomic E-state index is 0.0452. The van der Waals surface area contributed by atoms with E-state index in [0.717, 1.165) is 43.2 Å². The number of amides is 1. The third-order valence-electron chi connectivity index (χ3n) is 5.26. The number of nitrogens with zero attached hydrogens (tertiary/aromatic N) is 3. The number of likely N-dealkylation sites (tertiary alicyclic amines) is 1. The molecule has 0 unspecified atom stereocenters. The largest absolute Gasteiger partial charge is 0.468 e. The van der Waals surface area contributed by atoms with Crippen LogP contribution in [0.15, 0.2) is 51.6 Å². The summed E-state index contributed by atoms with van der Waals surface area (Å²) in [6.07, 6.45) is 3.29. The SMILES string of the molecule is O=C(NCCSCc1ccco1)C1CCN(Cc2nc(-c3ccc(F)cc3)no2)CC1. The summed E-state index contributed by atoms with van der Waals surface area (Å²) in [5.41, 5.74) is 0.717. The summed E-state index contributed by atoms with van der Waals surface area (Å²) in [4.78, 5) is 19.0. The second kappa shape index (κ2) is 10.6. The molecule has 2 aromatic heterocycles. The first kappa shape index (κ1) is 21.6. The maximum atomic E-state index is 13.1. The standard InChI is InChI=1S/C22H25FN4O3S/c23-18-5-3-16(4-6-18)21-25-20(30-26-21)14-27-10-7-17(8-11-27)22(28)24-9-13-31-15-19-2-1-12-29-19/h1-6,12,17H,7-11,13-15H2,(H,24,28). The van der Waals surface area contributed by atoms with Crippen molar-refractivity contribution in [1.82, 2.24) is 20.4 Å². The Bertz CT molecular complexity index is 954. The third kappa shape index (κ3) is 6.18. The zero-order valence-corrected chi connectivity index (χ0v) is 17.9. The highest BCUT2D eigenvalue weighted by atomic mass is 32.2. The van der Waals surface area contributed by atoms with Crippen molar-refractivity contribution in [1.29, 1.82) is 0 Å². The first-order chi connectivity index (χ1) is 15.2. The Labute approximate surface area is 184 Å². The van der Waals surface area contributed by atoms with E-state index in [4.69, 9.17) is 8.94 Å². The van der Waals surface area contributed by atoms with Crippen LogP contribution in [0.2, 0.25) is 0 Å². The highest BCUT2D eigenvalue weighted by molar-refractivity contribution is 7.98. The number of benzene rings is 1. The van der Waals surface area contributed by atoms with Gasteiger partial charge in [0.05, 0.1) is 18.6 Å². The molecular weight excluding hydrogens is 419 g/mol. The fraction of sp³-hybridized carbons (Fsp3) is 0.409. The molecule has 1 fully saturated rings. The Balaban J connectivity index is 1.15. The molecule has 1 N–H and O–H groups in total. The minimum Gasteiger partial charge on any atom is -0.468 e. The summed E-state index contributed by atoms with van der Waals surface area (Å²) >= 11 is 1.74. The molecule has 0 radical (unpaired) electrons. The maximum absolute atomic E-state index is 13.1. The normalized spacial score (nSPS) is 15.3. The summed E-state index contributed by atoms with van der Waals surface area (Å²) in [7, 11) is 0. The molecule has 7 nitrogen and oxygen atoms in total. The molecule has 31 heavy (non-hydrogen) atoms. The summed E-state index contributed by atoms with van der Waals surface area (Å²) < 4.78 is 23.7. The van der Waals surface area contributed by atoms with Crippen molar-refractivity contribution in [3.63, 3.8) is 0 Å². The van der Waals surface area contributed by atoms with Crippen molar-refractivity contribution in [2.45, 2.75) is 25.1 Å². The van der Waals surface area contributed by atoms with Crippen LogP contribution in [-0.4, -0.2) is 46.3 Å². The zero-order chi connectivity index (χ0) is 21.5. The lowest BCUT2D eigenvalue weighted by Gasteiger charge is -2.30. The Morgan fingerprint density at radius 2 is 2.03 bits per heavy atom. The fourth-order valence-electron chi connectivity index (χ4n) is 3.54. The number of thioether (sulfide) groups is 1. The van der Waals surface area contributed by atoms with Gasteiger partial charge in [-0.15, -0.1) is 0 Å². The van der Waals surface area contributed by atoms with E-state index in [1.54, 1.807) is 30.2 Å². The molecule has 1 aromatic carbocycles. The quantitative estimate of drug-likeness (QED) is 0.504. The zero-order valence-electron chi connectivity index (χ0n) is 17.1. The average Bonchev–Trinajstić information content (AvgIpc) is 3.47. The summed E-state index contributed by atoms with van der Waals surface area (Å²) in [5.74, 6) is 3.49. The molecule has 1 aliphatic rings. The number of carbonyl (C=O) groups excluding carboxylic acids is 1. The summed E-state index contributed by atoms with van der Waals surface area (Å²) in [6.45, 7) is 2.82. The molecular formula is C22H25FN4O3S. The molecule has 4 rings (SSSR count). The first-order valence-corrected chi connectivity index (χ1v) is 11.5. The monoisotopic (exact) mass is 444 g/mol. The number of piperidine rings is 1. The van der Waals surface area contributed by atoms with Gasteiger partial charge in [0.1, 0.15) is 11.6 Å². The van der Waals surface area contributed by atoms with Crippen LogP contribution >= 0.6 is 11.8 Å². The van der Waals surface area contributed by atoms with Gasteiger partial charge in [0.2, 0.25) is 17.6 Å². The number of furan rings is 1. The molecule has 3 heterocycles. The molecule has 3 aromatic rings. The summed E-state index contributed by atoms with van der Waals surface area (Å²) in [5, 5.41) is 7.03. The van der Waals surface area contributed by atoms with Crippen molar-refractivity contribution in [3.8, 4) is 11.4 Å². The van der Waals surface area contributed by atoms with Gasteiger partial charge in [-0.1, -0.05) is 5.16 Å². The Morgan fingerprint density at radius 3 is 2.77 bits per heavy atom. The lowest BCUT2D eigenvalue weighted by molar-refractivity contribution is -0.126. The molecule has 0 aliphatic carbocycles. The van der Waals surface area contributed by atoms with Gasteiger partial charge >= 0.3 is 0 Å². The van der Waals surface area contributed by atoms with Crippen molar-refractivity contribution in [3.05, 3.63) is 60.1 Å². The van der Waals surface area contributed by atoms with E-state index < -0.39 is 0 Å². The van der Waals surface area contributed by atoms with Gasteiger partial charge in [-0.25, -0.2) is 4.39 Å². The van der Waals surface area contributed by atoms with E-state index in [-0.39, 0.29) is 17.6 Å². The van der Waals surface area contributed by atoms with Gasteiger partial charge in [0.25, 0.3) is 0 Å². The van der Waals surface area contributed by atoms with Crippen molar-refractivity contribution in [2.75, 3.05) is 25.4 Å². The van der Waals surface area contributed by atoms with Crippen molar-refractivity contribution >= 4 is 17.7 Å². The van der Waals surface area contributed by atoms with Crippen LogP contribution in [-0.2, 0) is 17.1 Å². The van der Waals surface area contributed by atoms with E-state index >= 15 is 0 Å². The first-order valence-electron chi connectivity index (χ1n) is 10.4. The number of carbonyl (C=O) groups is 1. The Morgan fingerprint density at radius 1 is 1.23 bits per heavy atom. The number of rotatable bonds is 9. The molecule has 1 amide bonds. The van der Waals surface area contributed by atoms with Crippen LogP contribution in [0, 0.1) is 11.7 Å². The fourth-order valence-corrected chi connectivity index (χ4v) is 4.29. The summed E-state index contributed by atoms with van der Waals surface area (Å²) in [6, 6.07) is 9.84. The van der Waals surface area contributed by atoms with Crippen LogP contribution in [0.4, 0.5) is 4.39 Å². The highest BCUT2D eigenvalue weighted by Gasteiger charge is 2.25. The van der Waals surface area contributed by atoms with Crippen molar-refractivity contribution in [2.24, 2.45) is 5.92 Å². The average molecular weight is 445 g/mol. The van der Waals surface area contributed by atoms with Gasteiger partial charge in [-0.2, -0.15) is 16.7 Å². The lowest BCUT2D eigenvalue weighted by Crippen LogP contribution is -2.40. The third-order valence-corrected chi connectivity index (χ3v) is 6.24. The second-order valence-electron chi connectivity index (χ2n) is 7.49. The Kier molecular flexibility index (Phi) is 7.37.